The molecule has 1 N–H and O–H groups in total. The normalized spacial score (nSPS) is 20.7. The topological polar surface area (TPSA) is 39.1 Å². The summed E-state index contributed by atoms with van der Waals surface area (Å²) in [5.41, 5.74) is 1.27. The van der Waals surface area contributed by atoms with Crippen molar-refractivity contribution in [3.63, 3.8) is 0 Å². The largest absolute Gasteiger partial charge is 0.376 e. The number of hydrogen-bond acceptors (Lipinski definition) is 3. The van der Waals surface area contributed by atoms with E-state index in [1.54, 1.807) is 0 Å². The van der Waals surface area contributed by atoms with Gasteiger partial charge in [-0.25, -0.2) is 4.98 Å². The maximum atomic E-state index is 5.90. The molecule has 100 valence electrons. The Morgan fingerprint density at radius 3 is 2.89 bits per heavy atom. The van der Waals surface area contributed by atoms with Crippen LogP contribution in [-0.4, -0.2) is 28.3 Å². The molecule has 0 radical (unpaired) electrons. The highest BCUT2D eigenvalue weighted by Crippen LogP contribution is 2.21. The Balaban J connectivity index is 1.41. The van der Waals surface area contributed by atoms with Crippen molar-refractivity contribution in [1.82, 2.24) is 14.9 Å². The molecule has 1 aromatic heterocycles. The van der Waals surface area contributed by atoms with Crippen LogP contribution in [0.3, 0.4) is 0 Å². The van der Waals surface area contributed by atoms with Gasteiger partial charge in [-0.05, 0) is 25.7 Å². The van der Waals surface area contributed by atoms with E-state index < -0.39 is 0 Å². The number of nitrogens with zero attached hydrogens (tertiary/aromatic N) is 2. The van der Waals surface area contributed by atoms with Crippen molar-refractivity contribution in [3.05, 3.63) is 18.2 Å². The third kappa shape index (κ3) is 3.33. The van der Waals surface area contributed by atoms with Gasteiger partial charge in [0.1, 0.15) is 0 Å². The molecule has 2 aliphatic carbocycles. The number of nitrogens with one attached hydrogen (secondary N) is 1. The number of aromatic nitrogens is 2. The number of rotatable bonds is 7. The molecule has 0 spiro atoms. The first-order chi connectivity index (χ1) is 8.92. The van der Waals surface area contributed by atoms with E-state index in [1.165, 1.54) is 44.2 Å². The number of hydrogen-bond donors (Lipinski definition) is 1. The lowest BCUT2D eigenvalue weighted by molar-refractivity contribution is 0.0526. The standard InChI is InChI=1S/C14H23N3O/c1-2-4-14(3-1)18-8-7-17-11-15-9-13(17)10-16-12-5-6-12/h9,11-12,14,16H,1-8,10H2. The first-order valence-corrected chi connectivity index (χ1v) is 7.26. The molecule has 2 fully saturated rings. The zero-order chi connectivity index (χ0) is 12.2. The van der Waals surface area contributed by atoms with E-state index in [0.717, 1.165) is 25.7 Å². The van der Waals surface area contributed by atoms with Gasteiger partial charge in [0.05, 0.1) is 24.7 Å². The minimum absolute atomic E-state index is 0.515. The average Bonchev–Trinajstić information content (AvgIpc) is 2.89. The first kappa shape index (κ1) is 12.2. The Labute approximate surface area is 109 Å². The zero-order valence-corrected chi connectivity index (χ0v) is 11.0. The van der Waals surface area contributed by atoms with Crippen LogP contribution in [0.5, 0.6) is 0 Å². The van der Waals surface area contributed by atoms with Gasteiger partial charge in [0, 0.05) is 25.3 Å². The highest BCUT2D eigenvalue weighted by molar-refractivity contribution is 4.99. The van der Waals surface area contributed by atoms with Gasteiger partial charge in [-0.15, -0.1) is 0 Å². The van der Waals surface area contributed by atoms with Crippen LogP contribution in [0.1, 0.15) is 44.2 Å². The summed E-state index contributed by atoms with van der Waals surface area (Å²) in [5, 5.41) is 3.53. The monoisotopic (exact) mass is 249 g/mol. The van der Waals surface area contributed by atoms with E-state index in [0.29, 0.717) is 6.10 Å². The van der Waals surface area contributed by atoms with E-state index in [1.807, 2.05) is 12.5 Å². The molecule has 3 rings (SSSR count). The Kier molecular flexibility index (Phi) is 3.96. The summed E-state index contributed by atoms with van der Waals surface area (Å²) in [6.07, 6.45) is 12.2. The Hall–Kier alpha value is -0.870. The van der Waals surface area contributed by atoms with Crippen molar-refractivity contribution in [2.24, 2.45) is 0 Å². The van der Waals surface area contributed by atoms with Crippen LogP contribution in [0.15, 0.2) is 12.5 Å². The SMILES string of the molecule is c1ncn(CCOC2CCCC2)c1CNC1CC1. The molecule has 0 aromatic carbocycles. The molecule has 2 saturated carbocycles. The van der Waals surface area contributed by atoms with Gasteiger partial charge in [0.25, 0.3) is 0 Å². The quantitative estimate of drug-likeness (QED) is 0.804. The molecule has 4 nitrogen and oxygen atoms in total. The minimum Gasteiger partial charge on any atom is -0.376 e. The maximum absolute atomic E-state index is 5.90. The van der Waals surface area contributed by atoms with Crippen molar-refractivity contribution in [2.45, 2.75) is 63.8 Å². The molecular formula is C14H23N3O. The number of ether oxygens (including phenoxy) is 1. The van der Waals surface area contributed by atoms with Gasteiger partial charge < -0.3 is 14.6 Å². The minimum atomic E-state index is 0.515. The van der Waals surface area contributed by atoms with Crippen molar-refractivity contribution in [3.8, 4) is 0 Å². The molecule has 0 atom stereocenters. The first-order valence-electron chi connectivity index (χ1n) is 7.26. The summed E-state index contributed by atoms with van der Waals surface area (Å²) in [5.74, 6) is 0. The fraction of sp³-hybridized carbons (Fsp3) is 0.786. The predicted molar refractivity (Wildman–Crippen MR) is 70.3 cm³/mol. The van der Waals surface area contributed by atoms with Crippen LogP contribution >= 0.6 is 0 Å². The van der Waals surface area contributed by atoms with Crippen molar-refractivity contribution >= 4 is 0 Å². The molecule has 0 saturated heterocycles. The van der Waals surface area contributed by atoms with Crippen LogP contribution < -0.4 is 5.32 Å². The lowest BCUT2D eigenvalue weighted by atomic mass is 10.3. The van der Waals surface area contributed by atoms with Crippen LogP contribution in [0.25, 0.3) is 0 Å². The average molecular weight is 249 g/mol. The summed E-state index contributed by atoms with van der Waals surface area (Å²) in [6, 6.07) is 0.753. The molecule has 0 amide bonds. The van der Waals surface area contributed by atoms with E-state index in [4.69, 9.17) is 4.74 Å². The van der Waals surface area contributed by atoms with E-state index in [9.17, 15) is 0 Å². The zero-order valence-electron chi connectivity index (χ0n) is 11.0. The smallest absolute Gasteiger partial charge is 0.0949 e. The molecule has 0 aliphatic heterocycles. The van der Waals surface area contributed by atoms with Crippen LogP contribution in [0, 0.1) is 0 Å². The Morgan fingerprint density at radius 1 is 1.28 bits per heavy atom. The molecule has 1 aromatic rings. The second kappa shape index (κ2) is 5.85. The summed E-state index contributed by atoms with van der Waals surface area (Å²) in [6.45, 7) is 2.68. The summed E-state index contributed by atoms with van der Waals surface area (Å²) in [4.78, 5) is 4.24. The van der Waals surface area contributed by atoms with Gasteiger partial charge in [-0.1, -0.05) is 12.8 Å². The second-order valence-electron chi connectivity index (χ2n) is 5.51. The molecule has 4 heteroatoms. The molecule has 18 heavy (non-hydrogen) atoms. The molecule has 2 aliphatic rings. The summed E-state index contributed by atoms with van der Waals surface area (Å²) in [7, 11) is 0. The van der Waals surface area contributed by atoms with Crippen LogP contribution in [0.4, 0.5) is 0 Å². The van der Waals surface area contributed by atoms with Crippen LogP contribution in [-0.2, 0) is 17.8 Å². The van der Waals surface area contributed by atoms with Crippen molar-refractivity contribution in [1.29, 1.82) is 0 Å². The lowest BCUT2D eigenvalue weighted by Gasteiger charge is -2.13. The third-order valence-corrected chi connectivity index (χ3v) is 3.94. The van der Waals surface area contributed by atoms with Gasteiger partial charge in [-0.2, -0.15) is 0 Å². The van der Waals surface area contributed by atoms with Gasteiger partial charge in [0.15, 0.2) is 0 Å². The van der Waals surface area contributed by atoms with Gasteiger partial charge in [-0.3, -0.25) is 0 Å². The Morgan fingerprint density at radius 2 is 2.11 bits per heavy atom. The summed E-state index contributed by atoms with van der Waals surface area (Å²) >= 11 is 0. The summed E-state index contributed by atoms with van der Waals surface area (Å²) < 4.78 is 8.11. The predicted octanol–water partition coefficient (Wildman–Crippen LogP) is 2.09. The van der Waals surface area contributed by atoms with E-state index in [-0.39, 0.29) is 0 Å². The maximum Gasteiger partial charge on any atom is 0.0949 e. The highest BCUT2D eigenvalue weighted by Gasteiger charge is 2.20. The lowest BCUT2D eigenvalue weighted by Crippen LogP contribution is -2.19. The van der Waals surface area contributed by atoms with Crippen molar-refractivity contribution in [2.75, 3.05) is 6.61 Å². The third-order valence-electron chi connectivity index (χ3n) is 3.94. The van der Waals surface area contributed by atoms with Gasteiger partial charge in [0.2, 0.25) is 0 Å². The van der Waals surface area contributed by atoms with E-state index in [2.05, 4.69) is 14.9 Å². The van der Waals surface area contributed by atoms with Crippen molar-refractivity contribution < 1.29 is 4.74 Å². The fourth-order valence-electron chi connectivity index (χ4n) is 2.61. The van der Waals surface area contributed by atoms with Crippen LogP contribution in [0.2, 0.25) is 0 Å². The second-order valence-corrected chi connectivity index (χ2v) is 5.51. The van der Waals surface area contributed by atoms with Gasteiger partial charge >= 0.3 is 0 Å². The van der Waals surface area contributed by atoms with E-state index >= 15 is 0 Å². The molecule has 0 unspecified atom stereocenters. The molecular weight excluding hydrogens is 226 g/mol. The fourth-order valence-corrected chi connectivity index (χ4v) is 2.61. The molecule has 1 heterocycles. The molecule has 0 bridgehead atoms. The highest BCUT2D eigenvalue weighted by atomic mass is 16.5. The number of imidazole rings is 1. The Bertz CT molecular complexity index is 367.